The third kappa shape index (κ3) is 1.82. The van der Waals surface area contributed by atoms with Crippen LogP contribution in [0.1, 0.15) is 11.5 Å². The van der Waals surface area contributed by atoms with Gasteiger partial charge in [-0.25, -0.2) is 4.68 Å². The Hall–Kier alpha value is -1.24. The van der Waals surface area contributed by atoms with Crippen LogP contribution in [0.15, 0.2) is 12.5 Å². The third-order valence-corrected chi connectivity index (χ3v) is 2.41. The summed E-state index contributed by atoms with van der Waals surface area (Å²) in [6.45, 7) is 0.594. The van der Waals surface area contributed by atoms with Gasteiger partial charge < -0.3 is 4.57 Å². The Morgan fingerprint density at radius 3 is 2.86 bits per heavy atom. The van der Waals surface area contributed by atoms with Gasteiger partial charge in [-0.1, -0.05) is 21.1 Å². The van der Waals surface area contributed by atoms with Crippen LogP contribution in [0.4, 0.5) is 0 Å². The number of alkyl halides is 1. The maximum atomic E-state index is 3.96. The lowest BCUT2D eigenvalue weighted by molar-refractivity contribution is 0.605. The molecule has 2 aromatic heterocycles. The number of aromatic nitrogens is 6. The molecule has 0 aliphatic heterocycles. The Bertz CT molecular complexity index is 419. The van der Waals surface area contributed by atoms with Crippen molar-refractivity contribution in [2.45, 2.75) is 11.9 Å². The van der Waals surface area contributed by atoms with E-state index in [2.05, 4.69) is 36.4 Å². The lowest BCUT2D eigenvalue weighted by Crippen LogP contribution is -2.06. The smallest absolute Gasteiger partial charge is 0.154 e. The molecule has 0 spiro atoms. The minimum Gasteiger partial charge on any atom is -0.319 e. The molecule has 0 fully saturated rings. The van der Waals surface area contributed by atoms with Gasteiger partial charge in [0.25, 0.3) is 0 Å². The summed E-state index contributed by atoms with van der Waals surface area (Å²) in [4.78, 5) is 0. The topological polar surface area (TPSA) is 61.4 Å². The molecule has 0 aliphatic carbocycles. The zero-order chi connectivity index (χ0) is 9.97. The van der Waals surface area contributed by atoms with E-state index in [1.54, 1.807) is 11.0 Å². The van der Waals surface area contributed by atoms with E-state index < -0.39 is 0 Å². The van der Waals surface area contributed by atoms with E-state index in [9.17, 15) is 0 Å². The van der Waals surface area contributed by atoms with Crippen LogP contribution in [0, 0.1) is 0 Å². The molecule has 0 saturated heterocycles. The molecular weight excluding hydrogens is 248 g/mol. The molecule has 14 heavy (non-hydrogen) atoms. The van der Waals surface area contributed by atoms with Crippen molar-refractivity contribution in [2.75, 3.05) is 0 Å². The van der Waals surface area contributed by atoms with Gasteiger partial charge in [0.15, 0.2) is 5.82 Å². The van der Waals surface area contributed by atoms with Crippen molar-refractivity contribution < 1.29 is 0 Å². The minimum atomic E-state index is 0.594. The van der Waals surface area contributed by atoms with Gasteiger partial charge in [0.1, 0.15) is 12.9 Å². The summed E-state index contributed by atoms with van der Waals surface area (Å²) in [5.41, 5.74) is 0.909. The number of hydrogen-bond acceptors (Lipinski definition) is 4. The predicted molar refractivity (Wildman–Crippen MR) is 52.8 cm³/mol. The van der Waals surface area contributed by atoms with E-state index >= 15 is 0 Å². The quantitative estimate of drug-likeness (QED) is 0.744. The molecule has 0 N–H and O–H groups in total. The van der Waals surface area contributed by atoms with E-state index in [1.165, 1.54) is 0 Å². The van der Waals surface area contributed by atoms with Gasteiger partial charge in [-0.3, -0.25) is 0 Å². The van der Waals surface area contributed by atoms with E-state index in [1.807, 2.05) is 17.8 Å². The SMILES string of the molecule is Cn1cnnc1Cn1cc(CBr)nn1. The van der Waals surface area contributed by atoms with Gasteiger partial charge >= 0.3 is 0 Å². The molecule has 0 atom stereocenters. The molecule has 0 saturated carbocycles. The van der Waals surface area contributed by atoms with Gasteiger partial charge in [-0.2, -0.15) is 0 Å². The first kappa shape index (κ1) is 9.32. The first-order valence-corrected chi connectivity index (χ1v) is 5.19. The van der Waals surface area contributed by atoms with Crippen LogP contribution in [0.2, 0.25) is 0 Å². The van der Waals surface area contributed by atoms with Crippen LogP contribution in [0.25, 0.3) is 0 Å². The second kappa shape index (κ2) is 3.87. The molecule has 0 unspecified atom stereocenters. The van der Waals surface area contributed by atoms with Crippen molar-refractivity contribution in [3.05, 3.63) is 24.0 Å². The normalized spacial score (nSPS) is 10.7. The van der Waals surface area contributed by atoms with Gasteiger partial charge in [-0.05, 0) is 0 Å². The highest BCUT2D eigenvalue weighted by atomic mass is 79.9. The Morgan fingerprint density at radius 2 is 2.29 bits per heavy atom. The van der Waals surface area contributed by atoms with E-state index in [4.69, 9.17) is 0 Å². The first-order valence-electron chi connectivity index (χ1n) is 4.07. The maximum absolute atomic E-state index is 3.96. The lowest BCUT2D eigenvalue weighted by atomic mass is 10.5. The minimum absolute atomic E-state index is 0.594. The zero-order valence-electron chi connectivity index (χ0n) is 7.63. The lowest BCUT2D eigenvalue weighted by Gasteiger charge is -1.98. The molecule has 0 amide bonds. The summed E-state index contributed by atoms with van der Waals surface area (Å²) < 4.78 is 3.59. The number of hydrogen-bond donors (Lipinski definition) is 0. The van der Waals surface area contributed by atoms with Crippen LogP contribution in [-0.2, 0) is 18.9 Å². The highest BCUT2D eigenvalue weighted by molar-refractivity contribution is 9.08. The van der Waals surface area contributed by atoms with Gasteiger partial charge in [-0.15, -0.1) is 15.3 Å². The fourth-order valence-corrected chi connectivity index (χ4v) is 1.33. The second-order valence-electron chi connectivity index (χ2n) is 2.90. The Morgan fingerprint density at radius 1 is 1.43 bits per heavy atom. The molecule has 6 nitrogen and oxygen atoms in total. The summed E-state index contributed by atoms with van der Waals surface area (Å²) >= 11 is 3.31. The Labute approximate surface area is 89.1 Å². The summed E-state index contributed by atoms with van der Waals surface area (Å²) in [7, 11) is 1.90. The van der Waals surface area contributed by atoms with E-state index in [-0.39, 0.29) is 0 Å². The van der Waals surface area contributed by atoms with Crippen molar-refractivity contribution in [3.63, 3.8) is 0 Å². The molecule has 74 valence electrons. The molecule has 2 rings (SSSR count). The van der Waals surface area contributed by atoms with Crippen LogP contribution >= 0.6 is 15.9 Å². The molecule has 7 heteroatoms. The van der Waals surface area contributed by atoms with Crippen molar-refractivity contribution in [1.82, 2.24) is 29.8 Å². The summed E-state index contributed by atoms with van der Waals surface area (Å²) in [6, 6.07) is 0. The van der Waals surface area contributed by atoms with Crippen LogP contribution in [0.3, 0.4) is 0 Å². The molecule has 2 heterocycles. The number of aryl methyl sites for hydroxylation is 1. The number of nitrogens with zero attached hydrogens (tertiary/aromatic N) is 6. The highest BCUT2D eigenvalue weighted by Gasteiger charge is 2.03. The van der Waals surface area contributed by atoms with Crippen molar-refractivity contribution in [2.24, 2.45) is 7.05 Å². The summed E-state index contributed by atoms with van der Waals surface area (Å²) in [5, 5.41) is 16.4. The molecule has 0 bridgehead atoms. The monoisotopic (exact) mass is 256 g/mol. The standard InChI is InChI=1S/C7H9BrN6/c1-13-5-9-11-7(13)4-14-3-6(2-8)10-12-14/h3,5H,2,4H2,1H3. The molecule has 0 radical (unpaired) electrons. The van der Waals surface area contributed by atoms with Gasteiger partial charge in [0.05, 0.1) is 5.69 Å². The molecule has 0 aliphatic rings. The number of rotatable bonds is 3. The van der Waals surface area contributed by atoms with Crippen molar-refractivity contribution in [1.29, 1.82) is 0 Å². The van der Waals surface area contributed by atoms with Crippen LogP contribution in [0.5, 0.6) is 0 Å². The Balaban J connectivity index is 2.15. The summed E-state index contributed by atoms with van der Waals surface area (Å²) in [5.74, 6) is 0.857. The van der Waals surface area contributed by atoms with Crippen molar-refractivity contribution in [3.8, 4) is 0 Å². The van der Waals surface area contributed by atoms with Crippen LogP contribution < -0.4 is 0 Å². The van der Waals surface area contributed by atoms with E-state index in [0.717, 1.165) is 11.5 Å². The summed E-state index contributed by atoms with van der Waals surface area (Å²) in [6.07, 6.45) is 3.54. The number of halogens is 1. The Kier molecular flexibility index (Phi) is 2.58. The fraction of sp³-hybridized carbons (Fsp3) is 0.429. The fourth-order valence-electron chi connectivity index (χ4n) is 1.07. The average Bonchev–Trinajstić information content (AvgIpc) is 2.77. The van der Waals surface area contributed by atoms with Gasteiger partial charge in [0, 0.05) is 18.6 Å². The van der Waals surface area contributed by atoms with E-state index in [0.29, 0.717) is 11.9 Å². The average molecular weight is 257 g/mol. The molecule has 2 aromatic rings. The highest BCUT2D eigenvalue weighted by Crippen LogP contribution is 2.01. The molecular formula is C7H9BrN6. The van der Waals surface area contributed by atoms with Crippen LogP contribution in [-0.4, -0.2) is 29.8 Å². The third-order valence-electron chi connectivity index (χ3n) is 1.83. The van der Waals surface area contributed by atoms with Gasteiger partial charge in [0.2, 0.25) is 0 Å². The first-order chi connectivity index (χ1) is 6.79. The maximum Gasteiger partial charge on any atom is 0.154 e. The second-order valence-corrected chi connectivity index (χ2v) is 3.46. The predicted octanol–water partition coefficient (Wildman–Crippen LogP) is 0.350. The zero-order valence-corrected chi connectivity index (χ0v) is 9.22. The largest absolute Gasteiger partial charge is 0.319 e. The van der Waals surface area contributed by atoms with Crippen molar-refractivity contribution >= 4 is 15.9 Å². The molecule has 0 aromatic carbocycles.